The maximum Gasteiger partial charge on any atom is 0.283 e. The fourth-order valence-electron chi connectivity index (χ4n) is 2.24. The van der Waals surface area contributed by atoms with E-state index in [1.54, 1.807) is 18.2 Å². The molecular formula is C17H12Cl2N2O2. The molecule has 1 aliphatic heterocycles. The SMILES string of the molecule is Cc1ccc(NC2=C(Cl)C(=O)N(c3cccc(Cl)c3)C2=O)cc1. The van der Waals surface area contributed by atoms with Crippen molar-refractivity contribution in [2.24, 2.45) is 0 Å². The number of carbonyl (C=O) groups is 2. The third kappa shape index (κ3) is 2.96. The number of nitrogens with one attached hydrogen (secondary N) is 1. The van der Waals surface area contributed by atoms with Crippen LogP contribution in [0.3, 0.4) is 0 Å². The highest BCUT2D eigenvalue weighted by Crippen LogP contribution is 2.31. The largest absolute Gasteiger partial charge is 0.350 e. The predicted octanol–water partition coefficient (Wildman–Crippen LogP) is 4.08. The molecule has 23 heavy (non-hydrogen) atoms. The summed E-state index contributed by atoms with van der Waals surface area (Å²) in [4.78, 5) is 25.9. The molecule has 0 unspecified atom stereocenters. The van der Waals surface area contributed by atoms with Gasteiger partial charge in [-0.05, 0) is 37.3 Å². The molecule has 0 aromatic heterocycles. The van der Waals surface area contributed by atoms with Gasteiger partial charge in [-0.1, -0.05) is 47.0 Å². The summed E-state index contributed by atoms with van der Waals surface area (Å²) in [7, 11) is 0. The first-order chi connectivity index (χ1) is 11.0. The second-order valence-electron chi connectivity index (χ2n) is 5.11. The first kappa shape index (κ1) is 15.6. The molecule has 0 spiro atoms. The van der Waals surface area contributed by atoms with Crippen LogP contribution in [0.4, 0.5) is 11.4 Å². The minimum absolute atomic E-state index is 0.0560. The zero-order valence-electron chi connectivity index (χ0n) is 12.1. The van der Waals surface area contributed by atoms with E-state index in [0.717, 1.165) is 10.5 Å². The maximum atomic E-state index is 12.6. The second kappa shape index (κ2) is 6.07. The number of aryl methyl sites for hydroxylation is 1. The second-order valence-corrected chi connectivity index (χ2v) is 5.92. The Morgan fingerprint density at radius 1 is 0.957 bits per heavy atom. The van der Waals surface area contributed by atoms with Gasteiger partial charge in [0.2, 0.25) is 0 Å². The van der Waals surface area contributed by atoms with Crippen LogP contribution in [0.2, 0.25) is 5.02 Å². The minimum atomic E-state index is -0.575. The van der Waals surface area contributed by atoms with Crippen LogP contribution in [0, 0.1) is 6.92 Å². The molecule has 0 radical (unpaired) electrons. The number of carbonyl (C=O) groups excluding carboxylic acids is 2. The molecule has 1 aliphatic rings. The fraction of sp³-hybridized carbons (Fsp3) is 0.0588. The number of benzene rings is 2. The topological polar surface area (TPSA) is 49.4 Å². The van der Waals surface area contributed by atoms with Crippen molar-refractivity contribution in [3.8, 4) is 0 Å². The molecule has 2 aromatic carbocycles. The van der Waals surface area contributed by atoms with E-state index in [4.69, 9.17) is 23.2 Å². The third-order valence-corrected chi connectivity index (χ3v) is 4.00. The van der Waals surface area contributed by atoms with E-state index in [-0.39, 0.29) is 10.7 Å². The van der Waals surface area contributed by atoms with Gasteiger partial charge in [0.1, 0.15) is 10.7 Å². The molecule has 0 saturated carbocycles. The highest BCUT2D eigenvalue weighted by Gasteiger charge is 2.38. The van der Waals surface area contributed by atoms with Crippen molar-refractivity contribution in [3.63, 3.8) is 0 Å². The van der Waals surface area contributed by atoms with Crippen LogP contribution in [-0.4, -0.2) is 11.8 Å². The van der Waals surface area contributed by atoms with Crippen LogP contribution in [0.5, 0.6) is 0 Å². The molecule has 1 heterocycles. The average molecular weight is 347 g/mol. The summed E-state index contributed by atoms with van der Waals surface area (Å²) in [6.45, 7) is 1.96. The van der Waals surface area contributed by atoms with Crippen LogP contribution >= 0.6 is 23.2 Å². The van der Waals surface area contributed by atoms with Gasteiger partial charge in [0.25, 0.3) is 11.8 Å². The molecule has 2 aromatic rings. The summed E-state index contributed by atoms with van der Waals surface area (Å²) >= 11 is 12.0. The van der Waals surface area contributed by atoms with Crippen molar-refractivity contribution >= 4 is 46.4 Å². The molecule has 0 bridgehead atoms. The normalized spacial score (nSPS) is 14.7. The van der Waals surface area contributed by atoms with Gasteiger partial charge < -0.3 is 5.32 Å². The number of nitrogens with zero attached hydrogens (tertiary/aromatic N) is 1. The molecule has 0 fully saturated rings. The average Bonchev–Trinajstić information content (AvgIpc) is 2.73. The summed E-state index contributed by atoms with van der Waals surface area (Å²) in [5.74, 6) is -1.09. The van der Waals surface area contributed by atoms with Crippen LogP contribution < -0.4 is 10.2 Å². The number of hydrogen-bond acceptors (Lipinski definition) is 3. The molecule has 116 valence electrons. The Labute approximate surface area is 143 Å². The summed E-state index contributed by atoms with van der Waals surface area (Å²) < 4.78 is 0. The number of rotatable bonds is 3. The van der Waals surface area contributed by atoms with E-state index < -0.39 is 11.8 Å². The fourth-order valence-corrected chi connectivity index (χ4v) is 2.64. The van der Waals surface area contributed by atoms with Crippen molar-refractivity contribution in [1.29, 1.82) is 0 Å². The Hall–Kier alpha value is -2.30. The molecule has 4 nitrogen and oxygen atoms in total. The lowest BCUT2D eigenvalue weighted by atomic mass is 10.2. The van der Waals surface area contributed by atoms with E-state index in [0.29, 0.717) is 16.4 Å². The maximum absolute atomic E-state index is 12.6. The molecule has 0 atom stereocenters. The zero-order chi connectivity index (χ0) is 16.6. The lowest BCUT2D eigenvalue weighted by molar-refractivity contribution is -0.120. The van der Waals surface area contributed by atoms with Gasteiger partial charge in [-0.15, -0.1) is 0 Å². The first-order valence-corrected chi connectivity index (χ1v) is 7.61. The predicted molar refractivity (Wildman–Crippen MR) is 91.6 cm³/mol. The molecule has 1 N–H and O–H groups in total. The Bertz CT molecular complexity index is 829. The van der Waals surface area contributed by atoms with Crippen molar-refractivity contribution in [3.05, 3.63) is 69.8 Å². The number of hydrogen-bond donors (Lipinski definition) is 1. The van der Waals surface area contributed by atoms with E-state index in [1.807, 2.05) is 31.2 Å². The van der Waals surface area contributed by atoms with Crippen LogP contribution in [0.15, 0.2) is 59.3 Å². The summed E-state index contributed by atoms with van der Waals surface area (Å²) in [6.07, 6.45) is 0. The monoisotopic (exact) mass is 346 g/mol. The van der Waals surface area contributed by atoms with Gasteiger partial charge in [-0.3, -0.25) is 9.59 Å². The quantitative estimate of drug-likeness (QED) is 0.851. The smallest absolute Gasteiger partial charge is 0.283 e. The van der Waals surface area contributed by atoms with Gasteiger partial charge in [0.15, 0.2) is 0 Å². The minimum Gasteiger partial charge on any atom is -0.350 e. The zero-order valence-corrected chi connectivity index (χ0v) is 13.7. The summed E-state index contributed by atoms with van der Waals surface area (Å²) in [5.41, 5.74) is 2.20. The van der Waals surface area contributed by atoms with Gasteiger partial charge in [0, 0.05) is 10.7 Å². The number of anilines is 2. The third-order valence-electron chi connectivity index (χ3n) is 3.41. The van der Waals surface area contributed by atoms with Crippen LogP contribution in [-0.2, 0) is 9.59 Å². The van der Waals surface area contributed by atoms with E-state index in [1.165, 1.54) is 6.07 Å². The van der Waals surface area contributed by atoms with Gasteiger partial charge in [0.05, 0.1) is 5.69 Å². The van der Waals surface area contributed by atoms with Gasteiger partial charge >= 0.3 is 0 Å². The molecule has 6 heteroatoms. The Morgan fingerprint density at radius 3 is 2.30 bits per heavy atom. The van der Waals surface area contributed by atoms with E-state index >= 15 is 0 Å². The van der Waals surface area contributed by atoms with Crippen LogP contribution in [0.1, 0.15) is 5.56 Å². The molecule has 0 saturated heterocycles. The van der Waals surface area contributed by atoms with Gasteiger partial charge in [-0.25, -0.2) is 4.90 Å². The van der Waals surface area contributed by atoms with E-state index in [2.05, 4.69) is 5.32 Å². The van der Waals surface area contributed by atoms with Crippen molar-refractivity contribution in [2.45, 2.75) is 6.92 Å². The Morgan fingerprint density at radius 2 is 1.65 bits per heavy atom. The van der Waals surface area contributed by atoms with Crippen LogP contribution in [0.25, 0.3) is 0 Å². The van der Waals surface area contributed by atoms with Crippen molar-refractivity contribution < 1.29 is 9.59 Å². The first-order valence-electron chi connectivity index (χ1n) is 6.85. The van der Waals surface area contributed by atoms with E-state index in [9.17, 15) is 9.59 Å². The van der Waals surface area contributed by atoms with Crippen molar-refractivity contribution in [2.75, 3.05) is 10.2 Å². The molecule has 3 rings (SSSR count). The number of halogens is 2. The highest BCUT2D eigenvalue weighted by molar-refractivity contribution is 6.53. The standard InChI is InChI=1S/C17H12Cl2N2O2/c1-10-5-7-12(8-6-10)20-15-14(19)16(22)21(17(15)23)13-4-2-3-11(18)9-13/h2-9,20H,1H3. The molecular weight excluding hydrogens is 335 g/mol. The summed E-state index contributed by atoms with van der Waals surface area (Å²) in [6, 6.07) is 13.9. The number of amides is 2. The lowest BCUT2D eigenvalue weighted by Crippen LogP contribution is -2.32. The molecule has 2 amide bonds. The number of imide groups is 1. The van der Waals surface area contributed by atoms with Gasteiger partial charge in [-0.2, -0.15) is 0 Å². The lowest BCUT2D eigenvalue weighted by Gasteiger charge is -2.15. The van der Waals surface area contributed by atoms with Crippen molar-refractivity contribution in [1.82, 2.24) is 0 Å². The molecule has 0 aliphatic carbocycles. The Balaban J connectivity index is 1.91. The highest BCUT2D eigenvalue weighted by atomic mass is 35.5. The Kier molecular flexibility index (Phi) is 4.11. The summed E-state index contributed by atoms with van der Waals surface area (Å²) in [5, 5.41) is 3.20.